The standard InChI is InChI=1S/C24H26N2O4S/c1-17-9-5-6-10-20(17)16-26(3)24(27)19-14-13-18(2)23(15-19)31(28,29)25-21-11-7-8-12-22(21)30-4/h5-15,25H,16H2,1-4H3. The van der Waals surface area contributed by atoms with Crippen molar-refractivity contribution in [2.24, 2.45) is 0 Å². The summed E-state index contributed by atoms with van der Waals surface area (Å²) in [4.78, 5) is 14.6. The van der Waals surface area contributed by atoms with Crippen molar-refractivity contribution >= 4 is 21.6 Å². The fraction of sp³-hybridized carbons (Fsp3) is 0.208. The molecule has 0 aliphatic heterocycles. The van der Waals surface area contributed by atoms with E-state index < -0.39 is 10.0 Å². The number of carbonyl (C=O) groups is 1. The minimum atomic E-state index is -3.92. The Morgan fingerprint density at radius 3 is 2.35 bits per heavy atom. The number of nitrogens with one attached hydrogen (secondary N) is 1. The topological polar surface area (TPSA) is 75.7 Å². The van der Waals surface area contributed by atoms with E-state index >= 15 is 0 Å². The van der Waals surface area contributed by atoms with Crippen LogP contribution in [0.4, 0.5) is 5.69 Å². The number of methoxy groups -OCH3 is 1. The largest absolute Gasteiger partial charge is 0.495 e. The first-order valence-corrected chi connectivity index (χ1v) is 11.3. The number of sulfonamides is 1. The molecule has 0 saturated heterocycles. The maximum atomic E-state index is 13.1. The maximum absolute atomic E-state index is 13.1. The number of benzene rings is 3. The lowest BCUT2D eigenvalue weighted by Gasteiger charge is -2.19. The third kappa shape index (κ3) is 5.06. The van der Waals surface area contributed by atoms with Crippen LogP contribution in [0.5, 0.6) is 5.75 Å². The van der Waals surface area contributed by atoms with E-state index in [2.05, 4.69) is 4.72 Å². The van der Waals surface area contributed by atoms with Crippen LogP contribution in [0.25, 0.3) is 0 Å². The highest BCUT2D eigenvalue weighted by Gasteiger charge is 2.22. The van der Waals surface area contributed by atoms with E-state index in [4.69, 9.17) is 4.74 Å². The Balaban J connectivity index is 1.88. The monoisotopic (exact) mass is 438 g/mol. The lowest BCUT2D eigenvalue weighted by Crippen LogP contribution is -2.27. The first-order valence-electron chi connectivity index (χ1n) is 9.79. The van der Waals surface area contributed by atoms with Crippen molar-refractivity contribution in [3.8, 4) is 5.75 Å². The molecule has 0 heterocycles. The summed E-state index contributed by atoms with van der Waals surface area (Å²) < 4.78 is 33.9. The third-order valence-corrected chi connectivity index (χ3v) is 6.60. The molecule has 3 aromatic rings. The molecule has 0 fully saturated rings. The van der Waals surface area contributed by atoms with Gasteiger partial charge in [-0.3, -0.25) is 9.52 Å². The Morgan fingerprint density at radius 2 is 1.65 bits per heavy atom. The van der Waals surface area contributed by atoms with Gasteiger partial charge in [0, 0.05) is 19.2 Å². The van der Waals surface area contributed by atoms with Crippen molar-refractivity contribution < 1.29 is 17.9 Å². The van der Waals surface area contributed by atoms with Crippen molar-refractivity contribution in [3.63, 3.8) is 0 Å². The molecule has 0 unspecified atom stereocenters. The van der Waals surface area contributed by atoms with Gasteiger partial charge in [-0.25, -0.2) is 8.42 Å². The predicted molar refractivity (Wildman–Crippen MR) is 122 cm³/mol. The van der Waals surface area contributed by atoms with E-state index in [9.17, 15) is 13.2 Å². The fourth-order valence-corrected chi connectivity index (χ4v) is 4.63. The van der Waals surface area contributed by atoms with Gasteiger partial charge in [-0.05, 0) is 54.8 Å². The van der Waals surface area contributed by atoms with Crippen LogP contribution < -0.4 is 9.46 Å². The number of rotatable bonds is 7. The molecule has 162 valence electrons. The lowest BCUT2D eigenvalue weighted by molar-refractivity contribution is 0.0784. The summed E-state index contributed by atoms with van der Waals surface area (Å²) in [7, 11) is -0.746. The molecule has 6 nitrogen and oxygen atoms in total. The molecule has 31 heavy (non-hydrogen) atoms. The molecule has 0 atom stereocenters. The van der Waals surface area contributed by atoms with Crippen molar-refractivity contribution in [1.82, 2.24) is 4.90 Å². The van der Waals surface area contributed by atoms with Crippen LogP contribution in [0, 0.1) is 13.8 Å². The van der Waals surface area contributed by atoms with Gasteiger partial charge in [0.2, 0.25) is 0 Å². The molecular formula is C24H26N2O4S. The third-order valence-electron chi connectivity index (χ3n) is 5.09. The number of carbonyl (C=O) groups excluding carboxylic acids is 1. The first-order chi connectivity index (χ1) is 14.7. The zero-order chi connectivity index (χ0) is 22.6. The summed E-state index contributed by atoms with van der Waals surface area (Å²) >= 11 is 0. The van der Waals surface area contributed by atoms with Crippen LogP contribution in [0.1, 0.15) is 27.0 Å². The average molecular weight is 439 g/mol. The summed E-state index contributed by atoms with van der Waals surface area (Å²) in [6, 6.07) is 19.3. The van der Waals surface area contributed by atoms with Crippen LogP contribution in [-0.2, 0) is 16.6 Å². The highest BCUT2D eigenvalue weighted by atomic mass is 32.2. The molecule has 0 saturated carbocycles. The van der Waals surface area contributed by atoms with E-state index in [1.165, 1.54) is 13.2 Å². The Hall–Kier alpha value is -3.32. The molecule has 0 spiro atoms. The van der Waals surface area contributed by atoms with Crippen molar-refractivity contribution in [2.45, 2.75) is 25.3 Å². The molecule has 0 aliphatic rings. The number of para-hydroxylation sites is 2. The molecule has 0 aromatic heterocycles. The highest BCUT2D eigenvalue weighted by Crippen LogP contribution is 2.27. The van der Waals surface area contributed by atoms with E-state index in [1.54, 1.807) is 55.3 Å². The number of aryl methyl sites for hydroxylation is 2. The molecule has 7 heteroatoms. The molecule has 0 bridgehead atoms. The smallest absolute Gasteiger partial charge is 0.262 e. The summed E-state index contributed by atoms with van der Waals surface area (Å²) in [5.74, 6) is 0.158. The Bertz CT molecular complexity index is 1210. The van der Waals surface area contributed by atoms with Gasteiger partial charge in [0.25, 0.3) is 15.9 Å². The van der Waals surface area contributed by atoms with Crippen molar-refractivity contribution in [3.05, 3.63) is 89.0 Å². The number of hydrogen-bond acceptors (Lipinski definition) is 4. The molecule has 3 rings (SSSR count). The summed E-state index contributed by atoms with van der Waals surface area (Å²) in [6.07, 6.45) is 0. The minimum Gasteiger partial charge on any atom is -0.495 e. The van der Waals surface area contributed by atoms with Gasteiger partial charge in [0.1, 0.15) is 5.75 Å². The Morgan fingerprint density at radius 1 is 0.968 bits per heavy atom. The summed E-state index contributed by atoms with van der Waals surface area (Å²) in [5.41, 5.74) is 3.31. The normalized spacial score (nSPS) is 11.1. The number of amides is 1. The predicted octanol–water partition coefficient (Wildman–Crippen LogP) is 4.39. The number of ether oxygens (including phenoxy) is 1. The van der Waals surface area contributed by atoms with Crippen LogP contribution >= 0.6 is 0 Å². The van der Waals surface area contributed by atoms with Crippen LogP contribution in [0.3, 0.4) is 0 Å². The van der Waals surface area contributed by atoms with Gasteiger partial charge >= 0.3 is 0 Å². The molecular weight excluding hydrogens is 412 g/mol. The lowest BCUT2D eigenvalue weighted by atomic mass is 10.1. The number of nitrogens with zero attached hydrogens (tertiary/aromatic N) is 1. The number of anilines is 1. The zero-order valence-electron chi connectivity index (χ0n) is 18.0. The van der Waals surface area contributed by atoms with Crippen LogP contribution in [0.15, 0.2) is 71.6 Å². The summed E-state index contributed by atoms with van der Waals surface area (Å²) in [6.45, 7) is 4.12. The first kappa shape index (κ1) is 22.4. The van der Waals surface area contributed by atoms with Crippen molar-refractivity contribution in [2.75, 3.05) is 18.9 Å². The molecule has 1 amide bonds. The van der Waals surface area contributed by atoms with Crippen LogP contribution in [0.2, 0.25) is 0 Å². The SMILES string of the molecule is COc1ccccc1NS(=O)(=O)c1cc(C(=O)N(C)Cc2ccccc2C)ccc1C. The van der Waals surface area contributed by atoms with Gasteiger partial charge in [-0.1, -0.05) is 42.5 Å². The van der Waals surface area contributed by atoms with Gasteiger partial charge in [-0.15, -0.1) is 0 Å². The second-order valence-electron chi connectivity index (χ2n) is 7.37. The van der Waals surface area contributed by atoms with E-state index in [0.29, 0.717) is 29.1 Å². The molecule has 3 aromatic carbocycles. The summed E-state index contributed by atoms with van der Waals surface area (Å²) in [5, 5.41) is 0. The maximum Gasteiger partial charge on any atom is 0.262 e. The highest BCUT2D eigenvalue weighted by molar-refractivity contribution is 7.92. The second-order valence-corrected chi connectivity index (χ2v) is 9.02. The second kappa shape index (κ2) is 9.22. The van der Waals surface area contributed by atoms with Gasteiger partial charge in [0.15, 0.2) is 0 Å². The fourth-order valence-electron chi connectivity index (χ4n) is 3.29. The van der Waals surface area contributed by atoms with E-state index in [-0.39, 0.29) is 10.8 Å². The van der Waals surface area contributed by atoms with Crippen molar-refractivity contribution in [1.29, 1.82) is 0 Å². The van der Waals surface area contributed by atoms with Gasteiger partial charge < -0.3 is 9.64 Å². The minimum absolute atomic E-state index is 0.0496. The van der Waals surface area contributed by atoms with E-state index in [0.717, 1.165) is 11.1 Å². The van der Waals surface area contributed by atoms with E-state index in [1.807, 2.05) is 31.2 Å². The number of hydrogen-bond donors (Lipinski definition) is 1. The average Bonchev–Trinajstić information content (AvgIpc) is 2.75. The Kier molecular flexibility index (Phi) is 6.65. The van der Waals surface area contributed by atoms with Gasteiger partial charge in [0.05, 0.1) is 17.7 Å². The molecule has 1 N–H and O–H groups in total. The Labute approximate surface area is 183 Å². The zero-order valence-corrected chi connectivity index (χ0v) is 18.9. The van der Waals surface area contributed by atoms with Gasteiger partial charge in [-0.2, -0.15) is 0 Å². The molecule has 0 aliphatic carbocycles. The molecule has 0 radical (unpaired) electrons. The van der Waals surface area contributed by atoms with Crippen LogP contribution in [-0.4, -0.2) is 33.4 Å². The quantitative estimate of drug-likeness (QED) is 0.594.